The molecular weight excluding hydrogens is 342 g/mol. The molecule has 9 heteroatoms. The molecule has 4 amide bonds. The van der Waals surface area contributed by atoms with E-state index in [1.54, 1.807) is 20.8 Å². The number of hydrogen-bond acceptors (Lipinski definition) is 6. The zero-order valence-electron chi connectivity index (χ0n) is 15.5. The van der Waals surface area contributed by atoms with E-state index in [2.05, 4.69) is 10.6 Å². The van der Waals surface area contributed by atoms with E-state index >= 15 is 0 Å². The molecule has 2 atom stereocenters. The lowest BCUT2D eigenvalue weighted by atomic mass is 10.2. The summed E-state index contributed by atoms with van der Waals surface area (Å²) in [5.41, 5.74) is -0.568. The van der Waals surface area contributed by atoms with Crippen molar-refractivity contribution in [1.29, 1.82) is 0 Å². The summed E-state index contributed by atoms with van der Waals surface area (Å²) < 4.78 is 10.8. The standard InChI is InChI=1S/C17H27N3O6/c1-17(2,3)26-16(24)19-10-11-4-5-12(25-11)15(23)18-8-9-20-13(21)6-7-14(20)22/h11-12H,4-10H2,1-3H3,(H,18,23)(H,19,24)/t11-,12-/m1/s1. The lowest BCUT2D eigenvalue weighted by Gasteiger charge is -2.21. The van der Waals surface area contributed by atoms with Gasteiger partial charge in [0.25, 0.3) is 0 Å². The SMILES string of the molecule is CC(C)(C)OC(=O)NC[C@H]1CC[C@H](C(=O)NCCN2C(=O)CCC2=O)O1. The highest BCUT2D eigenvalue weighted by Crippen LogP contribution is 2.19. The Morgan fingerprint density at radius 3 is 2.42 bits per heavy atom. The Labute approximate surface area is 152 Å². The van der Waals surface area contributed by atoms with Crippen LogP contribution in [-0.2, 0) is 23.9 Å². The molecule has 2 aliphatic rings. The van der Waals surface area contributed by atoms with E-state index in [0.29, 0.717) is 12.8 Å². The molecule has 2 fully saturated rings. The highest BCUT2D eigenvalue weighted by molar-refractivity contribution is 6.01. The van der Waals surface area contributed by atoms with Gasteiger partial charge in [-0.05, 0) is 33.6 Å². The van der Waals surface area contributed by atoms with E-state index < -0.39 is 17.8 Å². The molecule has 0 aromatic heterocycles. The molecule has 2 rings (SSSR count). The average Bonchev–Trinajstić information content (AvgIpc) is 3.13. The second-order valence-electron chi connectivity index (χ2n) is 7.44. The summed E-state index contributed by atoms with van der Waals surface area (Å²) in [6.07, 6.45) is 0.320. The van der Waals surface area contributed by atoms with E-state index in [1.807, 2.05) is 0 Å². The fraction of sp³-hybridized carbons (Fsp3) is 0.765. The summed E-state index contributed by atoms with van der Waals surface area (Å²) in [4.78, 5) is 47.9. The molecule has 2 saturated heterocycles. The van der Waals surface area contributed by atoms with Gasteiger partial charge in [0.1, 0.15) is 11.7 Å². The van der Waals surface area contributed by atoms with Crippen molar-refractivity contribution >= 4 is 23.8 Å². The van der Waals surface area contributed by atoms with Gasteiger partial charge in [0.15, 0.2) is 0 Å². The van der Waals surface area contributed by atoms with Crippen molar-refractivity contribution in [1.82, 2.24) is 15.5 Å². The van der Waals surface area contributed by atoms with Gasteiger partial charge in [-0.1, -0.05) is 0 Å². The first-order chi connectivity index (χ1) is 12.2. The van der Waals surface area contributed by atoms with Crippen molar-refractivity contribution in [2.24, 2.45) is 0 Å². The lowest BCUT2D eigenvalue weighted by molar-refractivity contribution is -0.139. The Morgan fingerprint density at radius 2 is 1.81 bits per heavy atom. The van der Waals surface area contributed by atoms with Crippen LogP contribution in [-0.4, -0.2) is 66.2 Å². The number of alkyl carbamates (subject to hydrolysis) is 1. The van der Waals surface area contributed by atoms with Crippen LogP contribution in [0.4, 0.5) is 4.79 Å². The zero-order valence-corrected chi connectivity index (χ0v) is 15.5. The minimum Gasteiger partial charge on any atom is -0.444 e. The number of imide groups is 1. The van der Waals surface area contributed by atoms with Crippen molar-refractivity contribution in [3.63, 3.8) is 0 Å². The van der Waals surface area contributed by atoms with Gasteiger partial charge in [0.2, 0.25) is 17.7 Å². The van der Waals surface area contributed by atoms with Crippen LogP contribution in [0.15, 0.2) is 0 Å². The maximum Gasteiger partial charge on any atom is 0.407 e. The van der Waals surface area contributed by atoms with Gasteiger partial charge in [0, 0.05) is 32.5 Å². The first-order valence-corrected chi connectivity index (χ1v) is 8.89. The fourth-order valence-corrected chi connectivity index (χ4v) is 2.84. The minimum atomic E-state index is -0.592. The molecule has 2 N–H and O–H groups in total. The van der Waals surface area contributed by atoms with Crippen molar-refractivity contribution in [3.05, 3.63) is 0 Å². The largest absolute Gasteiger partial charge is 0.444 e. The van der Waals surface area contributed by atoms with E-state index in [-0.39, 0.29) is 56.3 Å². The van der Waals surface area contributed by atoms with Gasteiger partial charge >= 0.3 is 6.09 Å². The van der Waals surface area contributed by atoms with Crippen LogP contribution >= 0.6 is 0 Å². The molecular formula is C17H27N3O6. The molecule has 9 nitrogen and oxygen atoms in total. The number of hydrogen-bond donors (Lipinski definition) is 2. The number of amides is 4. The summed E-state index contributed by atoms with van der Waals surface area (Å²) in [6, 6.07) is 0. The van der Waals surface area contributed by atoms with Gasteiger partial charge in [-0.25, -0.2) is 4.79 Å². The molecule has 26 heavy (non-hydrogen) atoms. The minimum absolute atomic E-state index is 0.180. The molecule has 0 aliphatic carbocycles. The summed E-state index contributed by atoms with van der Waals surface area (Å²) in [5, 5.41) is 5.32. The number of likely N-dealkylation sites (tertiary alicyclic amines) is 1. The van der Waals surface area contributed by atoms with Crippen LogP contribution < -0.4 is 10.6 Å². The van der Waals surface area contributed by atoms with E-state index in [1.165, 1.54) is 4.90 Å². The Bertz CT molecular complexity index is 555. The molecule has 0 radical (unpaired) electrons. The molecule has 0 aromatic rings. The first kappa shape index (κ1) is 20.2. The summed E-state index contributed by atoms with van der Waals surface area (Å²) in [7, 11) is 0. The van der Waals surface area contributed by atoms with Gasteiger partial charge in [0.05, 0.1) is 6.10 Å². The third-order valence-corrected chi connectivity index (χ3v) is 4.06. The second-order valence-corrected chi connectivity index (χ2v) is 7.44. The zero-order chi connectivity index (χ0) is 19.3. The second kappa shape index (κ2) is 8.48. The molecule has 0 aromatic carbocycles. The molecule has 0 bridgehead atoms. The van der Waals surface area contributed by atoms with Crippen LogP contribution in [0.3, 0.4) is 0 Å². The summed E-state index contributed by atoms with van der Waals surface area (Å²) in [5.74, 6) is -0.673. The molecule has 2 heterocycles. The summed E-state index contributed by atoms with van der Waals surface area (Å²) in [6.45, 7) is 6.00. The number of nitrogens with zero attached hydrogens (tertiary/aromatic N) is 1. The van der Waals surface area contributed by atoms with Crippen LogP contribution in [0.2, 0.25) is 0 Å². The smallest absolute Gasteiger partial charge is 0.407 e. The van der Waals surface area contributed by atoms with Crippen LogP contribution in [0.1, 0.15) is 46.5 Å². The monoisotopic (exact) mass is 369 g/mol. The van der Waals surface area contributed by atoms with Crippen molar-refractivity contribution in [3.8, 4) is 0 Å². The predicted octanol–water partition coefficient (Wildman–Crippen LogP) is 0.324. The van der Waals surface area contributed by atoms with Crippen molar-refractivity contribution in [2.75, 3.05) is 19.6 Å². The van der Waals surface area contributed by atoms with Crippen molar-refractivity contribution in [2.45, 2.75) is 64.3 Å². The van der Waals surface area contributed by atoms with Crippen LogP contribution in [0, 0.1) is 0 Å². The maximum atomic E-state index is 12.1. The summed E-state index contributed by atoms with van der Waals surface area (Å²) >= 11 is 0. The number of carbonyl (C=O) groups is 4. The van der Waals surface area contributed by atoms with Gasteiger partial charge in [-0.15, -0.1) is 0 Å². The normalized spacial score (nSPS) is 23.3. The van der Waals surface area contributed by atoms with Crippen LogP contribution in [0.25, 0.3) is 0 Å². The Kier molecular flexibility index (Phi) is 6.57. The average molecular weight is 369 g/mol. The predicted molar refractivity (Wildman–Crippen MR) is 91.1 cm³/mol. The Morgan fingerprint density at radius 1 is 1.15 bits per heavy atom. The Balaban J connectivity index is 1.64. The highest BCUT2D eigenvalue weighted by Gasteiger charge is 2.32. The van der Waals surface area contributed by atoms with E-state index in [4.69, 9.17) is 9.47 Å². The molecule has 0 saturated carbocycles. The third-order valence-electron chi connectivity index (χ3n) is 4.06. The lowest BCUT2D eigenvalue weighted by Crippen LogP contribution is -2.42. The fourth-order valence-electron chi connectivity index (χ4n) is 2.84. The molecule has 146 valence electrons. The molecule has 0 unspecified atom stereocenters. The topological polar surface area (TPSA) is 114 Å². The quantitative estimate of drug-likeness (QED) is 0.652. The third kappa shape index (κ3) is 5.98. The number of ether oxygens (including phenoxy) is 2. The van der Waals surface area contributed by atoms with Crippen molar-refractivity contribution < 1.29 is 28.7 Å². The number of rotatable bonds is 6. The van der Waals surface area contributed by atoms with Gasteiger partial charge in [-0.2, -0.15) is 0 Å². The number of nitrogens with one attached hydrogen (secondary N) is 2. The van der Waals surface area contributed by atoms with Crippen LogP contribution in [0.5, 0.6) is 0 Å². The highest BCUT2D eigenvalue weighted by atomic mass is 16.6. The van der Waals surface area contributed by atoms with Gasteiger partial charge in [-0.3, -0.25) is 19.3 Å². The Hall–Kier alpha value is -2.16. The number of carbonyl (C=O) groups excluding carboxylic acids is 4. The van der Waals surface area contributed by atoms with E-state index in [0.717, 1.165) is 0 Å². The van der Waals surface area contributed by atoms with E-state index in [9.17, 15) is 19.2 Å². The molecule has 2 aliphatic heterocycles. The first-order valence-electron chi connectivity index (χ1n) is 8.89. The maximum absolute atomic E-state index is 12.1. The van der Waals surface area contributed by atoms with Gasteiger partial charge < -0.3 is 20.1 Å². The molecule has 0 spiro atoms.